The van der Waals surface area contributed by atoms with E-state index in [1.165, 1.54) is 12.1 Å². The molecule has 0 bridgehead atoms. The summed E-state index contributed by atoms with van der Waals surface area (Å²) in [6.07, 6.45) is 6.00. The summed E-state index contributed by atoms with van der Waals surface area (Å²) in [6.45, 7) is 4.07. The van der Waals surface area contributed by atoms with Crippen molar-refractivity contribution in [1.29, 1.82) is 0 Å². The number of piperazine rings is 1. The molecule has 3 heterocycles. The van der Waals surface area contributed by atoms with Crippen LogP contribution in [0.2, 0.25) is 0 Å². The predicted octanol–water partition coefficient (Wildman–Crippen LogP) is 4.15. The number of carbonyl (C=O) groups excluding carboxylic acids is 2. The van der Waals surface area contributed by atoms with Crippen LogP contribution in [-0.2, 0) is 10.2 Å². The van der Waals surface area contributed by atoms with Crippen molar-refractivity contribution in [3.05, 3.63) is 71.7 Å². The zero-order chi connectivity index (χ0) is 24.4. The molecule has 2 aliphatic heterocycles. The van der Waals surface area contributed by atoms with Gasteiger partial charge < -0.3 is 14.6 Å². The molecule has 2 aliphatic rings. The molecule has 0 aliphatic carbocycles. The van der Waals surface area contributed by atoms with Gasteiger partial charge in [-0.15, -0.1) is 0 Å². The van der Waals surface area contributed by atoms with Crippen molar-refractivity contribution in [2.24, 2.45) is 0 Å². The summed E-state index contributed by atoms with van der Waals surface area (Å²) in [5.74, 6) is -0.433. The Kier molecular flexibility index (Phi) is 6.75. The van der Waals surface area contributed by atoms with Crippen molar-refractivity contribution < 1.29 is 14.0 Å². The third-order valence-electron chi connectivity index (χ3n) is 7.36. The van der Waals surface area contributed by atoms with Gasteiger partial charge in [-0.2, -0.15) is 0 Å². The molecule has 3 aromatic rings. The van der Waals surface area contributed by atoms with E-state index in [-0.39, 0.29) is 11.7 Å². The predicted molar refractivity (Wildman–Crippen MR) is 138 cm³/mol. The number of carbonyl (C=O) groups is 2. The van der Waals surface area contributed by atoms with E-state index in [2.05, 4.69) is 14.2 Å². The van der Waals surface area contributed by atoms with Gasteiger partial charge in [0.25, 0.3) is 5.91 Å². The number of nitrogens with zero attached hydrogens (tertiary/aromatic N) is 4. The number of benzene rings is 2. The van der Waals surface area contributed by atoms with Crippen LogP contribution in [0.5, 0.6) is 0 Å². The lowest BCUT2D eigenvalue weighted by Gasteiger charge is -2.41. The minimum atomic E-state index is -0.551. The number of aromatic nitrogens is 1. The highest BCUT2D eigenvalue weighted by Crippen LogP contribution is 2.39. The SMILES string of the molecule is CSN1CCN(C(=O)c2cnc3ccc(F)cc3c2N2CCC(C=O)(c3ccccc3)CC2)CC1. The molecule has 2 aromatic carbocycles. The highest BCUT2D eigenvalue weighted by Gasteiger charge is 2.37. The van der Waals surface area contributed by atoms with Crippen molar-refractivity contribution in [1.82, 2.24) is 14.2 Å². The van der Waals surface area contributed by atoms with E-state index < -0.39 is 5.41 Å². The van der Waals surface area contributed by atoms with E-state index in [0.717, 1.165) is 30.6 Å². The fraction of sp³-hybridized carbons (Fsp3) is 0.370. The number of halogens is 1. The van der Waals surface area contributed by atoms with Crippen LogP contribution >= 0.6 is 11.9 Å². The molecule has 8 heteroatoms. The quantitative estimate of drug-likeness (QED) is 0.394. The number of pyridine rings is 1. The third-order valence-corrected chi connectivity index (χ3v) is 8.24. The molecule has 0 saturated carbocycles. The molecule has 0 unspecified atom stereocenters. The highest BCUT2D eigenvalue weighted by molar-refractivity contribution is 7.96. The first-order valence-electron chi connectivity index (χ1n) is 12.0. The fourth-order valence-corrected chi connectivity index (χ4v) is 5.79. The van der Waals surface area contributed by atoms with Gasteiger partial charge in [0.2, 0.25) is 0 Å². The average Bonchev–Trinajstić information content (AvgIpc) is 2.92. The number of rotatable bonds is 5. The number of hydrogen-bond donors (Lipinski definition) is 0. The molecule has 35 heavy (non-hydrogen) atoms. The van der Waals surface area contributed by atoms with Crippen LogP contribution in [-0.4, -0.2) is 71.9 Å². The Morgan fingerprint density at radius 3 is 2.40 bits per heavy atom. The summed E-state index contributed by atoms with van der Waals surface area (Å²) in [5, 5.41) is 0.636. The summed E-state index contributed by atoms with van der Waals surface area (Å²) in [6, 6.07) is 14.4. The van der Waals surface area contributed by atoms with E-state index in [0.29, 0.717) is 55.5 Å². The van der Waals surface area contributed by atoms with Gasteiger partial charge in [-0.05, 0) is 42.9 Å². The molecule has 182 valence electrons. The van der Waals surface area contributed by atoms with Crippen LogP contribution in [0.1, 0.15) is 28.8 Å². The van der Waals surface area contributed by atoms with Crippen LogP contribution < -0.4 is 4.90 Å². The zero-order valence-electron chi connectivity index (χ0n) is 19.8. The van der Waals surface area contributed by atoms with Crippen molar-refractivity contribution in [3.63, 3.8) is 0 Å². The standard InChI is InChI=1S/C27H29FN4O2S/c1-35-32-15-13-31(14-16-32)26(34)23-18-29-24-8-7-21(28)17-22(24)25(23)30-11-9-27(19-33,10-12-30)20-5-3-2-4-6-20/h2-8,17-19H,9-16H2,1H3. The number of aldehydes is 1. The molecule has 6 nitrogen and oxygen atoms in total. The second-order valence-corrected chi connectivity index (χ2v) is 10.1. The Morgan fingerprint density at radius 2 is 1.74 bits per heavy atom. The van der Waals surface area contributed by atoms with E-state index in [9.17, 15) is 14.0 Å². The van der Waals surface area contributed by atoms with Gasteiger partial charge in [0.05, 0.1) is 22.2 Å². The van der Waals surface area contributed by atoms with Crippen LogP contribution in [0.25, 0.3) is 10.9 Å². The van der Waals surface area contributed by atoms with E-state index >= 15 is 0 Å². The molecule has 1 amide bonds. The summed E-state index contributed by atoms with van der Waals surface area (Å²) in [7, 11) is 0. The molecule has 2 fully saturated rings. The van der Waals surface area contributed by atoms with Gasteiger partial charge in [-0.3, -0.25) is 9.78 Å². The zero-order valence-corrected chi connectivity index (χ0v) is 20.6. The summed E-state index contributed by atoms with van der Waals surface area (Å²) in [4.78, 5) is 34.5. The lowest BCUT2D eigenvalue weighted by molar-refractivity contribution is -0.113. The van der Waals surface area contributed by atoms with E-state index in [1.807, 2.05) is 41.5 Å². The molecule has 0 spiro atoms. The topological polar surface area (TPSA) is 56.8 Å². The monoisotopic (exact) mass is 492 g/mol. The fourth-order valence-electron chi connectivity index (χ4n) is 5.27. The van der Waals surface area contributed by atoms with Crippen LogP contribution in [0.4, 0.5) is 10.1 Å². The smallest absolute Gasteiger partial charge is 0.257 e. The Labute approximate surface area is 209 Å². The molecular formula is C27H29FN4O2S. The molecular weight excluding hydrogens is 463 g/mol. The largest absolute Gasteiger partial charge is 0.370 e. The number of amides is 1. The average molecular weight is 493 g/mol. The van der Waals surface area contributed by atoms with Gasteiger partial charge >= 0.3 is 0 Å². The van der Waals surface area contributed by atoms with Gasteiger partial charge in [-0.25, -0.2) is 8.70 Å². The molecule has 0 N–H and O–H groups in total. The van der Waals surface area contributed by atoms with Crippen LogP contribution in [0, 0.1) is 5.82 Å². The molecule has 0 radical (unpaired) electrons. The number of hydrogen-bond acceptors (Lipinski definition) is 6. The first-order chi connectivity index (χ1) is 17.0. The van der Waals surface area contributed by atoms with Gasteiger partial charge in [0.15, 0.2) is 0 Å². The van der Waals surface area contributed by atoms with Crippen LogP contribution in [0.15, 0.2) is 54.7 Å². The summed E-state index contributed by atoms with van der Waals surface area (Å²) < 4.78 is 16.6. The van der Waals surface area contributed by atoms with Crippen molar-refractivity contribution in [2.75, 3.05) is 50.4 Å². The third kappa shape index (κ3) is 4.52. The highest BCUT2D eigenvalue weighted by atomic mass is 32.2. The van der Waals surface area contributed by atoms with Gasteiger partial charge in [-0.1, -0.05) is 42.3 Å². The molecule has 0 atom stereocenters. The first-order valence-corrected chi connectivity index (χ1v) is 13.2. The lowest BCUT2D eigenvalue weighted by atomic mass is 9.74. The Balaban J connectivity index is 1.50. The first kappa shape index (κ1) is 23.8. The summed E-state index contributed by atoms with van der Waals surface area (Å²) >= 11 is 1.69. The van der Waals surface area contributed by atoms with Crippen LogP contribution in [0.3, 0.4) is 0 Å². The van der Waals surface area contributed by atoms with Crippen molar-refractivity contribution in [3.8, 4) is 0 Å². The Morgan fingerprint density at radius 1 is 1.03 bits per heavy atom. The second kappa shape index (κ2) is 9.95. The maximum absolute atomic E-state index is 14.4. The molecule has 1 aromatic heterocycles. The maximum Gasteiger partial charge on any atom is 0.257 e. The molecule has 5 rings (SSSR count). The second-order valence-electron chi connectivity index (χ2n) is 9.21. The Hall–Kier alpha value is -2.97. The van der Waals surface area contributed by atoms with Crippen molar-refractivity contribution in [2.45, 2.75) is 18.3 Å². The molecule has 2 saturated heterocycles. The van der Waals surface area contributed by atoms with E-state index in [1.54, 1.807) is 24.2 Å². The van der Waals surface area contributed by atoms with E-state index in [4.69, 9.17) is 0 Å². The summed E-state index contributed by atoms with van der Waals surface area (Å²) in [5.41, 5.74) is 2.34. The number of anilines is 1. The van der Waals surface area contributed by atoms with Crippen molar-refractivity contribution >= 4 is 40.7 Å². The van der Waals surface area contributed by atoms with Gasteiger partial charge in [0, 0.05) is 50.9 Å². The van der Waals surface area contributed by atoms with Gasteiger partial charge in [0.1, 0.15) is 12.1 Å². The maximum atomic E-state index is 14.4. The normalized spacial score (nSPS) is 18.6. The minimum absolute atomic E-state index is 0.0744. The minimum Gasteiger partial charge on any atom is -0.370 e. The number of piperidine rings is 1. The lowest BCUT2D eigenvalue weighted by Crippen LogP contribution is -2.47. The number of fused-ring (bicyclic) bond motifs is 1. The Bertz CT molecular complexity index is 1220.